The molecule has 1 heterocycles. The fourth-order valence-corrected chi connectivity index (χ4v) is 5.66. The second-order valence-corrected chi connectivity index (χ2v) is 10.2. The number of amides is 1. The van der Waals surface area contributed by atoms with E-state index in [-0.39, 0.29) is 35.0 Å². The van der Waals surface area contributed by atoms with Crippen LogP contribution in [0.1, 0.15) is 18.9 Å². The minimum Gasteiger partial charge on any atom is -0.465 e. The van der Waals surface area contributed by atoms with Crippen molar-refractivity contribution in [1.29, 1.82) is 0 Å². The highest BCUT2D eigenvalue weighted by Crippen LogP contribution is 2.29. The van der Waals surface area contributed by atoms with Gasteiger partial charge in [0.1, 0.15) is 6.54 Å². The fourth-order valence-electron chi connectivity index (χ4n) is 3.02. The summed E-state index contributed by atoms with van der Waals surface area (Å²) in [6.07, 6.45) is -0.280. The molecule has 0 saturated carbocycles. The highest BCUT2D eigenvalue weighted by molar-refractivity contribution is 7.91. The number of sulfone groups is 1. The number of esters is 1. The van der Waals surface area contributed by atoms with Crippen molar-refractivity contribution in [2.45, 2.75) is 31.7 Å². The summed E-state index contributed by atoms with van der Waals surface area (Å²) >= 11 is 7.48. The molecule has 0 fully saturated rings. The van der Waals surface area contributed by atoms with Crippen LogP contribution in [0.5, 0.6) is 0 Å². The molecule has 7 nitrogen and oxygen atoms in total. The number of hydrogen-bond donors (Lipinski definition) is 0. The van der Waals surface area contributed by atoms with E-state index in [1.165, 1.54) is 23.5 Å². The molecule has 1 amide bonds. The number of fused-ring (bicyclic) bond motifs is 1. The summed E-state index contributed by atoms with van der Waals surface area (Å²) in [7, 11) is -3.60. The number of carbonyl (C=O) groups excluding carboxylic acids is 2. The molecule has 1 aromatic heterocycles. The Hall–Kier alpha value is -2.49. The van der Waals surface area contributed by atoms with Crippen molar-refractivity contribution in [3.05, 3.63) is 57.9 Å². The van der Waals surface area contributed by atoms with Gasteiger partial charge in [-0.25, -0.2) is 8.42 Å². The lowest BCUT2D eigenvalue weighted by atomic mass is 10.2. The Labute approximate surface area is 188 Å². The van der Waals surface area contributed by atoms with E-state index in [2.05, 4.69) is 4.99 Å². The monoisotopic (exact) mass is 480 g/mol. The van der Waals surface area contributed by atoms with E-state index in [4.69, 9.17) is 16.3 Å². The van der Waals surface area contributed by atoms with Crippen LogP contribution >= 0.6 is 22.9 Å². The van der Waals surface area contributed by atoms with Gasteiger partial charge in [0, 0.05) is 6.42 Å². The number of aromatic nitrogens is 1. The van der Waals surface area contributed by atoms with Gasteiger partial charge in [0.2, 0.25) is 5.91 Å². The average Bonchev–Trinajstić information content (AvgIpc) is 3.09. The smallest absolute Gasteiger partial charge is 0.326 e. The van der Waals surface area contributed by atoms with Crippen LogP contribution < -0.4 is 4.80 Å². The zero-order valence-corrected chi connectivity index (χ0v) is 19.4. The van der Waals surface area contributed by atoms with Gasteiger partial charge in [-0.2, -0.15) is 4.99 Å². The second kappa shape index (κ2) is 9.76. The van der Waals surface area contributed by atoms with Crippen LogP contribution in [-0.2, 0) is 30.7 Å². The third-order valence-electron chi connectivity index (χ3n) is 4.48. The highest BCUT2D eigenvalue weighted by atomic mass is 35.5. The third kappa shape index (κ3) is 5.41. The largest absolute Gasteiger partial charge is 0.465 e. The van der Waals surface area contributed by atoms with E-state index in [1.54, 1.807) is 35.8 Å². The Morgan fingerprint density at radius 2 is 1.87 bits per heavy atom. The van der Waals surface area contributed by atoms with Crippen molar-refractivity contribution in [2.75, 3.05) is 12.4 Å². The van der Waals surface area contributed by atoms with Crippen molar-refractivity contribution in [3.8, 4) is 0 Å². The minimum atomic E-state index is -3.60. The van der Waals surface area contributed by atoms with E-state index < -0.39 is 21.7 Å². The number of carbonyl (C=O) groups is 2. The quantitative estimate of drug-likeness (QED) is 0.482. The lowest BCUT2D eigenvalue weighted by Crippen LogP contribution is -2.23. The van der Waals surface area contributed by atoms with Gasteiger partial charge >= 0.3 is 5.97 Å². The van der Waals surface area contributed by atoms with Crippen molar-refractivity contribution in [2.24, 2.45) is 4.99 Å². The van der Waals surface area contributed by atoms with Crippen molar-refractivity contribution >= 4 is 54.9 Å². The number of hydrogen-bond acceptors (Lipinski definition) is 6. The van der Waals surface area contributed by atoms with E-state index in [1.807, 2.05) is 13.0 Å². The molecule has 0 aliphatic carbocycles. The molecule has 0 saturated heterocycles. The molecule has 0 spiro atoms. The second-order valence-electron chi connectivity index (χ2n) is 6.71. The van der Waals surface area contributed by atoms with Gasteiger partial charge < -0.3 is 9.30 Å². The molecule has 0 radical (unpaired) electrons. The first-order valence-electron chi connectivity index (χ1n) is 9.52. The van der Waals surface area contributed by atoms with Crippen LogP contribution in [0, 0.1) is 6.92 Å². The van der Waals surface area contributed by atoms with Crippen molar-refractivity contribution in [1.82, 2.24) is 4.57 Å². The highest BCUT2D eigenvalue weighted by Gasteiger charge is 2.18. The summed E-state index contributed by atoms with van der Waals surface area (Å²) in [5, 5.41) is 0.476. The molecule has 10 heteroatoms. The Morgan fingerprint density at radius 3 is 2.55 bits per heavy atom. The summed E-state index contributed by atoms with van der Waals surface area (Å²) in [6, 6.07) is 11.5. The zero-order valence-electron chi connectivity index (χ0n) is 17.0. The fraction of sp³-hybridized carbons (Fsp3) is 0.286. The molecule has 0 bridgehead atoms. The molecule has 31 heavy (non-hydrogen) atoms. The van der Waals surface area contributed by atoms with Crippen molar-refractivity contribution < 1.29 is 22.7 Å². The van der Waals surface area contributed by atoms with Crippen molar-refractivity contribution in [3.63, 3.8) is 0 Å². The van der Waals surface area contributed by atoms with Crippen LogP contribution in [0.15, 0.2) is 52.4 Å². The van der Waals surface area contributed by atoms with E-state index in [9.17, 15) is 18.0 Å². The van der Waals surface area contributed by atoms with Gasteiger partial charge in [-0.05, 0) is 37.6 Å². The summed E-state index contributed by atoms with van der Waals surface area (Å²) in [4.78, 5) is 29.2. The minimum absolute atomic E-state index is 0.135. The van der Waals surface area contributed by atoms with E-state index in [0.29, 0.717) is 15.2 Å². The molecule has 0 unspecified atom stereocenters. The number of ether oxygens (including phenoxy) is 1. The summed E-state index contributed by atoms with van der Waals surface area (Å²) in [5.74, 6) is -1.43. The van der Waals surface area contributed by atoms with Crippen LogP contribution in [0.2, 0.25) is 5.02 Å². The lowest BCUT2D eigenvalue weighted by molar-refractivity contribution is -0.143. The van der Waals surface area contributed by atoms with E-state index >= 15 is 0 Å². The van der Waals surface area contributed by atoms with E-state index in [0.717, 1.165) is 5.56 Å². The topological polar surface area (TPSA) is 94.8 Å². The number of nitrogens with zero attached hydrogens (tertiary/aromatic N) is 2. The molecule has 0 aliphatic heterocycles. The Morgan fingerprint density at radius 1 is 1.16 bits per heavy atom. The first-order chi connectivity index (χ1) is 14.7. The molecule has 164 valence electrons. The number of benzene rings is 2. The summed E-state index contributed by atoms with van der Waals surface area (Å²) in [6.45, 7) is 3.66. The lowest BCUT2D eigenvalue weighted by Gasteiger charge is -2.07. The van der Waals surface area contributed by atoms with Gasteiger partial charge in [-0.3, -0.25) is 9.59 Å². The predicted molar refractivity (Wildman–Crippen MR) is 120 cm³/mol. The molecular weight excluding hydrogens is 460 g/mol. The Kier molecular flexibility index (Phi) is 7.30. The molecule has 0 N–H and O–H groups in total. The van der Waals surface area contributed by atoms with Crippen LogP contribution in [0.4, 0.5) is 0 Å². The normalized spacial score (nSPS) is 12.3. The molecule has 2 aromatic carbocycles. The average molecular weight is 481 g/mol. The van der Waals surface area contributed by atoms with Crippen LogP contribution in [0.25, 0.3) is 10.2 Å². The van der Waals surface area contributed by atoms with Gasteiger partial charge in [0.15, 0.2) is 14.6 Å². The Bertz CT molecular complexity index is 1290. The third-order valence-corrected chi connectivity index (χ3v) is 7.75. The first kappa shape index (κ1) is 23.2. The molecule has 0 aliphatic rings. The van der Waals surface area contributed by atoms with Gasteiger partial charge in [0.05, 0.1) is 32.5 Å². The summed E-state index contributed by atoms with van der Waals surface area (Å²) in [5.41, 5.74) is 1.55. The summed E-state index contributed by atoms with van der Waals surface area (Å²) < 4.78 is 32.2. The maximum atomic E-state index is 12.5. The SMILES string of the molecule is CCOC(=O)Cn1c(=NC(=O)CCS(=O)(=O)c2ccccc2)sc2c(Cl)ccc(C)c21. The zero-order chi connectivity index (χ0) is 22.6. The van der Waals surface area contributed by atoms with Gasteiger partial charge in [-0.1, -0.05) is 47.2 Å². The number of halogens is 1. The first-order valence-corrected chi connectivity index (χ1v) is 12.4. The van der Waals surface area contributed by atoms with Crippen LogP contribution in [0.3, 0.4) is 0 Å². The van der Waals surface area contributed by atoms with Gasteiger partial charge in [0.25, 0.3) is 0 Å². The number of aryl methyl sites for hydroxylation is 1. The van der Waals surface area contributed by atoms with Gasteiger partial charge in [-0.15, -0.1) is 0 Å². The molecular formula is C21H21ClN2O5S2. The Balaban J connectivity index is 1.95. The predicted octanol–water partition coefficient (Wildman–Crippen LogP) is 3.52. The standard InChI is InChI=1S/C21H21ClN2O5S2/c1-3-29-18(26)13-24-19-14(2)9-10-16(22)20(19)30-21(24)23-17(25)11-12-31(27,28)15-7-5-4-6-8-15/h4-10H,3,11-13H2,1-2H3. The molecule has 3 aromatic rings. The maximum absolute atomic E-state index is 12.5. The number of rotatable bonds is 7. The molecule has 3 rings (SSSR count). The molecule has 0 atom stereocenters. The maximum Gasteiger partial charge on any atom is 0.326 e. The number of thiazole rings is 1. The van der Waals surface area contributed by atoms with Crippen LogP contribution in [-0.4, -0.2) is 37.2 Å².